The van der Waals surface area contributed by atoms with Gasteiger partial charge in [0.25, 0.3) is 0 Å². The monoisotopic (exact) mass is 331 g/mol. The predicted octanol–water partition coefficient (Wildman–Crippen LogP) is 0.864. The molecule has 6 nitrogen and oxygen atoms in total. The topological polar surface area (TPSA) is 78.5 Å². The van der Waals surface area contributed by atoms with E-state index in [0.29, 0.717) is 32.5 Å². The molecule has 0 spiro atoms. The molecular formula is C18H25N3O3. The van der Waals surface area contributed by atoms with Crippen molar-refractivity contribution in [2.45, 2.75) is 32.1 Å². The van der Waals surface area contributed by atoms with Crippen LogP contribution >= 0.6 is 0 Å². The summed E-state index contributed by atoms with van der Waals surface area (Å²) in [6.07, 6.45) is 2.94. The van der Waals surface area contributed by atoms with Crippen molar-refractivity contribution < 1.29 is 14.4 Å². The molecule has 1 heterocycles. The molecule has 1 aliphatic rings. The summed E-state index contributed by atoms with van der Waals surface area (Å²) in [5.41, 5.74) is 0.955. The van der Waals surface area contributed by atoms with Crippen molar-refractivity contribution in [1.29, 1.82) is 0 Å². The number of benzene rings is 1. The van der Waals surface area contributed by atoms with Crippen molar-refractivity contribution in [2.75, 3.05) is 26.2 Å². The first-order valence-electron chi connectivity index (χ1n) is 8.50. The Kier molecular flexibility index (Phi) is 7.26. The third-order valence-corrected chi connectivity index (χ3v) is 3.98. The smallest absolute Gasteiger partial charge is 0.224 e. The fraction of sp³-hybridized carbons (Fsp3) is 0.500. The van der Waals surface area contributed by atoms with Crippen LogP contribution in [0.3, 0.4) is 0 Å². The van der Waals surface area contributed by atoms with Gasteiger partial charge in [-0.05, 0) is 18.4 Å². The van der Waals surface area contributed by atoms with Gasteiger partial charge in [0.15, 0.2) is 0 Å². The van der Waals surface area contributed by atoms with Gasteiger partial charge in [-0.1, -0.05) is 30.3 Å². The molecule has 1 saturated heterocycles. The Morgan fingerprint density at radius 3 is 2.50 bits per heavy atom. The molecule has 0 radical (unpaired) electrons. The lowest BCUT2D eigenvalue weighted by atomic mass is 10.1. The second kappa shape index (κ2) is 9.70. The summed E-state index contributed by atoms with van der Waals surface area (Å²) in [4.78, 5) is 36.7. The maximum absolute atomic E-state index is 11.8. The Labute approximate surface area is 142 Å². The third kappa shape index (κ3) is 6.40. The SMILES string of the molecule is O=C(CCNC(=O)Cc1ccccc1)NCCCN1CCCC1=O. The molecule has 24 heavy (non-hydrogen) atoms. The predicted molar refractivity (Wildman–Crippen MR) is 91.2 cm³/mol. The molecular weight excluding hydrogens is 306 g/mol. The van der Waals surface area contributed by atoms with E-state index in [-0.39, 0.29) is 24.1 Å². The summed E-state index contributed by atoms with van der Waals surface area (Å²) in [6.45, 7) is 2.43. The Hall–Kier alpha value is -2.37. The second-order valence-electron chi connectivity index (χ2n) is 5.95. The van der Waals surface area contributed by atoms with E-state index in [4.69, 9.17) is 0 Å². The number of nitrogens with zero attached hydrogens (tertiary/aromatic N) is 1. The van der Waals surface area contributed by atoms with Crippen LogP contribution in [0.4, 0.5) is 0 Å². The minimum Gasteiger partial charge on any atom is -0.356 e. The number of hydrogen-bond donors (Lipinski definition) is 2. The molecule has 6 heteroatoms. The fourth-order valence-corrected chi connectivity index (χ4v) is 2.69. The van der Waals surface area contributed by atoms with Crippen LogP contribution in [0.15, 0.2) is 30.3 Å². The van der Waals surface area contributed by atoms with Gasteiger partial charge in [0.1, 0.15) is 0 Å². The quantitative estimate of drug-likeness (QED) is 0.659. The van der Waals surface area contributed by atoms with Crippen LogP contribution in [0.5, 0.6) is 0 Å². The summed E-state index contributed by atoms with van der Waals surface area (Å²) in [5, 5.41) is 5.57. The van der Waals surface area contributed by atoms with Gasteiger partial charge in [-0.15, -0.1) is 0 Å². The zero-order chi connectivity index (χ0) is 17.2. The maximum Gasteiger partial charge on any atom is 0.224 e. The van der Waals surface area contributed by atoms with Crippen LogP contribution in [-0.4, -0.2) is 48.8 Å². The van der Waals surface area contributed by atoms with Crippen molar-refractivity contribution in [1.82, 2.24) is 15.5 Å². The minimum atomic E-state index is -0.0819. The standard InChI is InChI=1S/C18H25N3O3/c22-16(19-10-5-13-21-12-4-8-18(21)24)9-11-20-17(23)14-15-6-2-1-3-7-15/h1-3,6-7H,4-5,8-14H2,(H,19,22)(H,20,23). The Bertz CT molecular complexity index is 560. The van der Waals surface area contributed by atoms with E-state index in [2.05, 4.69) is 10.6 Å². The van der Waals surface area contributed by atoms with E-state index >= 15 is 0 Å². The molecule has 0 bridgehead atoms. The lowest BCUT2D eigenvalue weighted by Crippen LogP contribution is -2.33. The summed E-state index contributed by atoms with van der Waals surface area (Å²) < 4.78 is 0. The van der Waals surface area contributed by atoms with Crippen molar-refractivity contribution in [2.24, 2.45) is 0 Å². The highest BCUT2D eigenvalue weighted by Gasteiger charge is 2.18. The summed E-state index contributed by atoms with van der Waals surface area (Å²) in [5.74, 6) is 0.0479. The normalized spacial score (nSPS) is 13.8. The molecule has 1 fully saturated rings. The van der Waals surface area contributed by atoms with Gasteiger partial charge in [0, 0.05) is 39.0 Å². The van der Waals surface area contributed by atoms with Gasteiger partial charge in [-0.25, -0.2) is 0 Å². The molecule has 2 rings (SSSR count). The van der Waals surface area contributed by atoms with Gasteiger partial charge < -0.3 is 15.5 Å². The lowest BCUT2D eigenvalue weighted by Gasteiger charge is -2.15. The molecule has 2 N–H and O–H groups in total. The first kappa shape index (κ1) is 18.0. The Morgan fingerprint density at radius 1 is 1.04 bits per heavy atom. The molecule has 0 aliphatic carbocycles. The number of carbonyl (C=O) groups is 3. The minimum absolute atomic E-state index is 0.0808. The van der Waals surface area contributed by atoms with Crippen LogP contribution in [0, 0.1) is 0 Å². The summed E-state index contributed by atoms with van der Waals surface area (Å²) >= 11 is 0. The van der Waals surface area contributed by atoms with Gasteiger partial charge >= 0.3 is 0 Å². The zero-order valence-corrected chi connectivity index (χ0v) is 13.9. The molecule has 3 amide bonds. The highest BCUT2D eigenvalue weighted by atomic mass is 16.2. The number of nitrogens with one attached hydrogen (secondary N) is 2. The molecule has 1 aliphatic heterocycles. The van der Waals surface area contributed by atoms with Crippen LogP contribution in [0.1, 0.15) is 31.2 Å². The molecule has 1 aromatic carbocycles. The third-order valence-electron chi connectivity index (χ3n) is 3.98. The fourth-order valence-electron chi connectivity index (χ4n) is 2.69. The van der Waals surface area contributed by atoms with Gasteiger partial charge in [-0.2, -0.15) is 0 Å². The zero-order valence-electron chi connectivity index (χ0n) is 13.9. The maximum atomic E-state index is 11.8. The van der Waals surface area contributed by atoms with Crippen molar-refractivity contribution in [3.63, 3.8) is 0 Å². The van der Waals surface area contributed by atoms with Crippen LogP contribution < -0.4 is 10.6 Å². The molecule has 0 aromatic heterocycles. The van der Waals surface area contributed by atoms with Gasteiger partial charge in [0.2, 0.25) is 17.7 Å². The molecule has 0 saturated carbocycles. The number of carbonyl (C=O) groups excluding carboxylic acids is 3. The largest absolute Gasteiger partial charge is 0.356 e. The van der Waals surface area contributed by atoms with Gasteiger partial charge in [-0.3, -0.25) is 14.4 Å². The first-order valence-corrected chi connectivity index (χ1v) is 8.50. The Morgan fingerprint density at radius 2 is 1.79 bits per heavy atom. The highest BCUT2D eigenvalue weighted by Crippen LogP contribution is 2.09. The average molecular weight is 331 g/mol. The number of hydrogen-bond acceptors (Lipinski definition) is 3. The van der Waals surface area contributed by atoms with E-state index in [9.17, 15) is 14.4 Å². The van der Waals surface area contributed by atoms with E-state index < -0.39 is 0 Å². The first-order chi connectivity index (χ1) is 11.6. The Balaban J connectivity index is 1.50. The summed E-state index contributed by atoms with van der Waals surface area (Å²) in [6, 6.07) is 9.50. The van der Waals surface area contributed by atoms with E-state index in [0.717, 1.165) is 24.9 Å². The number of rotatable bonds is 9. The molecule has 0 atom stereocenters. The van der Waals surface area contributed by atoms with Crippen LogP contribution in [0.25, 0.3) is 0 Å². The van der Waals surface area contributed by atoms with Crippen molar-refractivity contribution in [3.8, 4) is 0 Å². The average Bonchev–Trinajstić information content (AvgIpc) is 2.97. The van der Waals surface area contributed by atoms with E-state index in [1.54, 1.807) is 0 Å². The van der Waals surface area contributed by atoms with Crippen LogP contribution in [0.2, 0.25) is 0 Å². The van der Waals surface area contributed by atoms with Crippen LogP contribution in [-0.2, 0) is 20.8 Å². The van der Waals surface area contributed by atoms with E-state index in [1.165, 1.54) is 0 Å². The molecule has 130 valence electrons. The summed E-state index contributed by atoms with van der Waals surface area (Å²) in [7, 11) is 0. The number of likely N-dealkylation sites (tertiary alicyclic amines) is 1. The van der Waals surface area contributed by atoms with Crippen molar-refractivity contribution in [3.05, 3.63) is 35.9 Å². The molecule has 1 aromatic rings. The van der Waals surface area contributed by atoms with Crippen molar-refractivity contribution >= 4 is 17.7 Å². The van der Waals surface area contributed by atoms with E-state index in [1.807, 2.05) is 35.2 Å². The lowest BCUT2D eigenvalue weighted by molar-refractivity contribution is -0.127. The number of amides is 3. The molecule has 0 unspecified atom stereocenters. The highest BCUT2D eigenvalue weighted by molar-refractivity contribution is 5.80. The van der Waals surface area contributed by atoms with Gasteiger partial charge in [0.05, 0.1) is 6.42 Å². The second-order valence-corrected chi connectivity index (χ2v) is 5.95.